The van der Waals surface area contributed by atoms with Crippen LogP contribution in [0.2, 0.25) is 0 Å². The number of hydrogen-bond donors (Lipinski definition) is 1. The molecule has 2 aromatic heterocycles. The lowest BCUT2D eigenvalue weighted by Gasteiger charge is -2.15. The third-order valence-electron chi connectivity index (χ3n) is 3.93. The van der Waals surface area contributed by atoms with Gasteiger partial charge in [-0.2, -0.15) is 0 Å². The number of benzene rings is 2. The first-order valence-electron chi connectivity index (χ1n) is 7.95. The van der Waals surface area contributed by atoms with E-state index in [-0.39, 0.29) is 0 Å². The van der Waals surface area contributed by atoms with E-state index in [9.17, 15) is 9.90 Å². The Bertz CT molecular complexity index is 1060. The first-order valence-corrected chi connectivity index (χ1v) is 9.62. The number of aromatic nitrogens is 3. The highest BCUT2D eigenvalue weighted by atomic mass is 79.9. The summed E-state index contributed by atoms with van der Waals surface area (Å²) in [7, 11) is 0. The number of carboxylic acid groups (broad SMARTS) is 1. The second-order valence-corrected chi connectivity index (χ2v) is 7.38. The zero-order valence-electron chi connectivity index (χ0n) is 13.9. The molecule has 0 aliphatic rings. The van der Waals surface area contributed by atoms with Crippen LogP contribution in [-0.4, -0.2) is 25.7 Å². The molecule has 0 unspecified atom stereocenters. The molecule has 6 nitrogen and oxygen atoms in total. The van der Waals surface area contributed by atoms with Gasteiger partial charge in [0.2, 0.25) is 0 Å². The smallest absolute Gasteiger partial charge is 0.418 e. The third kappa shape index (κ3) is 3.62. The molecular weight excluding hydrogens is 428 g/mol. The van der Waals surface area contributed by atoms with Crippen molar-refractivity contribution in [3.8, 4) is 16.9 Å². The summed E-state index contributed by atoms with van der Waals surface area (Å²) in [6, 6.07) is 14.9. The largest absolute Gasteiger partial charge is 0.464 e. The van der Waals surface area contributed by atoms with Crippen molar-refractivity contribution in [3.63, 3.8) is 0 Å². The minimum absolute atomic E-state index is 0.401. The summed E-state index contributed by atoms with van der Waals surface area (Å²) in [6.07, 6.45) is 4.26. The van der Waals surface area contributed by atoms with Crippen LogP contribution in [0, 0.1) is 0 Å². The van der Waals surface area contributed by atoms with Crippen molar-refractivity contribution in [1.29, 1.82) is 0 Å². The molecule has 0 aliphatic heterocycles. The Morgan fingerprint density at radius 1 is 1.11 bits per heavy atom. The van der Waals surface area contributed by atoms with Crippen molar-refractivity contribution < 1.29 is 9.90 Å². The van der Waals surface area contributed by atoms with Gasteiger partial charge >= 0.3 is 6.09 Å². The molecule has 0 bridgehead atoms. The van der Waals surface area contributed by atoms with Crippen molar-refractivity contribution in [3.05, 3.63) is 77.1 Å². The van der Waals surface area contributed by atoms with Crippen LogP contribution >= 0.6 is 27.3 Å². The second kappa shape index (κ2) is 7.34. The van der Waals surface area contributed by atoms with Crippen molar-refractivity contribution in [1.82, 2.24) is 14.5 Å². The number of hydrogen-bond acceptors (Lipinski definition) is 4. The molecule has 27 heavy (non-hydrogen) atoms. The van der Waals surface area contributed by atoms with E-state index >= 15 is 0 Å². The van der Waals surface area contributed by atoms with E-state index in [0.29, 0.717) is 10.8 Å². The fourth-order valence-corrected chi connectivity index (χ4v) is 3.72. The molecule has 0 spiro atoms. The summed E-state index contributed by atoms with van der Waals surface area (Å²) >= 11 is 4.65. The summed E-state index contributed by atoms with van der Waals surface area (Å²) in [6.45, 7) is 0. The SMILES string of the molecule is O=C(O)N(c1ccc(Br)cc1)c1nc(-c2ccc(-n3ccnc3)cc2)cs1. The summed E-state index contributed by atoms with van der Waals surface area (Å²) in [5.74, 6) is 0. The average molecular weight is 441 g/mol. The topological polar surface area (TPSA) is 71.2 Å². The summed E-state index contributed by atoms with van der Waals surface area (Å²) in [4.78, 5) is 21.5. The zero-order valence-corrected chi connectivity index (χ0v) is 16.3. The van der Waals surface area contributed by atoms with Crippen LogP contribution in [0.25, 0.3) is 16.9 Å². The molecule has 4 rings (SSSR count). The van der Waals surface area contributed by atoms with Crippen LogP contribution in [0.4, 0.5) is 15.6 Å². The molecule has 0 fully saturated rings. The number of halogens is 1. The molecule has 2 heterocycles. The summed E-state index contributed by atoms with van der Waals surface area (Å²) in [5, 5.41) is 11.9. The summed E-state index contributed by atoms with van der Waals surface area (Å²) < 4.78 is 2.80. The highest BCUT2D eigenvalue weighted by Gasteiger charge is 2.20. The molecule has 134 valence electrons. The van der Waals surface area contributed by atoms with Gasteiger partial charge in [0.05, 0.1) is 17.7 Å². The Balaban J connectivity index is 1.63. The Morgan fingerprint density at radius 3 is 2.48 bits per heavy atom. The molecule has 0 aliphatic carbocycles. The Hall–Kier alpha value is -2.97. The van der Waals surface area contributed by atoms with Crippen molar-refractivity contribution in [2.75, 3.05) is 4.90 Å². The maximum absolute atomic E-state index is 11.8. The molecule has 1 N–H and O–H groups in total. The minimum atomic E-state index is -1.08. The average Bonchev–Trinajstić information content (AvgIpc) is 3.36. The Kier molecular flexibility index (Phi) is 4.74. The standard InChI is InChI=1S/C19H13BrN4O2S/c20-14-3-7-16(8-4-14)24(19(25)26)18-22-17(11-27-18)13-1-5-15(6-2-13)23-10-9-21-12-23/h1-12H,(H,25,26). The number of carbonyl (C=O) groups is 1. The Labute approximate surface area is 167 Å². The number of thiazole rings is 1. The summed E-state index contributed by atoms with van der Waals surface area (Å²) in [5.41, 5.74) is 3.19. The van der Waals surface area contributed by atoms with Crippen LogP contribution < -0.4 is 4.90 Å². The van der Waals surface area contributed by atoms with E-state index in [1.807, 2.05) is 40.4 Å². The van der Waals surface area contributed by atoms with Gasteiger partial charge < -0.3 is 9.67 Å². The van der Waals surface area contributed by atoms with Gasteiger partial charge in [0.15, 0.2) is 5.13 Å². The fourth-order valence-electron chi connectivity index (χ4n) is 2.61. The fraction of sp³-hybridized carbons (Fsp3) is 0. The van der Waals surface area contributed by atoms with Crippen LogP contribution in [0.3, 0.4) is 0 Å². The first kappa shape index (κ1) is 17.4. The van der Waals surface area contributed by atoms with Crippen LogP contribution in [-0.2, 0) is 0 Å². The molecule has 0 atom stereocenters. The van der Waals surface area contributed by atoms with E-state index in [4.69, 9.17) is 0 Å². The maximum atomic E-state index is 11.8. The van der Waals surface area contributed by atoms with E-state index in [2.05, 4.69) is 25.9 Å². The molecule has 0 saturated heterocycles. The van der Waals surface area contributed by atoms with E-state index in [1.165, 1.54) is 16.2 Å². The first-order chi connectivity index (χ1) is 13.1. The monoisotopic (exact) mass is 440 g/mol. The van der Waals surface area contributed by atoms with Crippen molar-refractivity contribution in [2.24, 2.45) is 0 Å². The maximum Gasteiger partial charge on any atom is 0.418 e. The van der Waals surface area contributed by atoms with Gasteiger partial charge in [-0.3, -0.25) is 0 Å². The minimum Gasteiger partial charge on any atom is -0.464 e. The van der Waals surface area contributed by atoms with E-state index in [1.54, 1.807) is 36.8 Å². The quantitative estimate of drug-likeness (QED) is 0.449. The lowest BCUT2D eigenvalue weighted by Crippen LogP contribution is -2.23. The van der Waals surface area contributed by atoms with Crippen LogP contribution in [0.5, 0.6) is 0 Å². The van der Waals surface area contributed by atoms with Gasteiger partial charge in [-0.1, -0.05) is 28.1 Å². The zero-order chi connectivity index (χ0) is 18.8. The van der Waals surface area contributed by atoms with Gasteiger partial charge in [-0.25, -0.2) is 19.7 Å². The van der Waals surface area contributed by atoms with E-state index in [0.717, 1.165) is 21.4 Å². The van der Waals surface area contributed by atoms with Crippen LogP contribution in [0.1, 0.15) is 0 Å². The van der Waals surface area contributed by atoms with Gasteiger partial charge in [0.1, 0.15) is 0 Å². The molecule has 0 saturated carbocycles. The lowest BCUT2D eigenvalue weighted by atomic mass is 10.1. The number of amides is 1. The third-order valence-corrected chi connectivity index (χ3v) is 5.28. The Morgan fingerprint density at radius 2 is 1.85 bits per heavy atom. The number of imidazole rings is 1. The predicted octanol–water partition coefficient (Wildman–Crippen LogP) is 5.57. The predicted molar refractivity (Wildman–Crippen MR) is 109 cm³/mol. The van der Waals surface area contributed by atoms with Gasteiger partial charge in [0, 0.05) is 33.5 Å². The number of nitrogens with zero attached hydrogens (tertiary/aromatic N) is 4. The molecule has 0 radical (unpaired) electrons. The van der Waals surface area contributed by atoms with Gasteiger partial charge in [-0.05, 0) is 36.4 Å². The molecule has 4 aromatic rings. The highest BCUT2D eigenvalue weighted by Crippen LogP contribution is 2.33. The van der Waals surface area contributed by atoms with Crippen molar-refractivity contribution in [2.45, 2.75) is 0 Å². The van der Waals surface area contributed by atoms with Crippen molar-refractivity contribution >= 4 is 44.2 Å². The second-order valence-electron chi connectivity index (χ2n) is 5.63. The van der Waals surface area contributed by atoms with Gasteiger partial charge in [-0.15, -0.1) is 11.3 Å². The molecule has 8 heteroatoms. The number of anilines is 2. The number of rotatable bonds is 4. The van der Waals surface area contributed by atoms with Gasteiger partial charge in [0.25, 0.3) is 0 Å². The normalized spacial score (nSPS) is 10.7. The molecular formula is C19H13BrN4O2S. The lowest BCUT2D eigenvalue weighted by molar-refractivity contribution is 0.205. The molecule has 2 aromatic carbocycles. The van der Waals surface area contributed by atoms with Crippen LogP contribution in [0.15, 0.2) is 77.1 Å². The van der Waals surface area contributed by atoms with E-state index < -0.39 is 6.09 Å². The highest BCUT2D eigenvalue weighted by molar-refractivity contribution is 9.10. The molecule has 1 amide bonds.